The third kappa shape index (κ3) is 5.12. The van der Waals surface area contributed by atoms with E-state index in [1.54, 1.807) is 26.9 Å². The highest BCUT2D eigenvalue weighted by Crippen LogP contribution is 2.63. The minimum Gasteiger partial charge on any atom is -0.396 e. The average molecular weight is 552 g/mol. The number of aliphatic hydroxyl groups excluding tert-OH is 1. The maximum Gasteiger partial charge on any atom is 0.248 e. The van der Waals surface area contributed by atoms with Crippen LogP contribution >= 0.6 is 0 Å². The highest BCUT2D eigenvalue weighted by Gasteiger charge is 2.78. The molecule has 8 heteroatoms. The van der Waals surface area contributed by atoms with Crippen molar-refractivity contribution in [3.63, 3.8) is 0 Å². The molecule has 0 aromatic heterocycles. The first-order valence-corrected chi connectivity index (χ1v) is 14.7. The zero-order chi connectivity index (χ0) is 29.1. The molecule has 40 heavy (non-hydrogen) atoms. The number of carbonyl (C=O) groups is 3. The number of anilines is 1. The van der Waals surface area contributed by atoms with E-state index < -0.39 is 29.1 Å². The van der Waals surface area contributed by atoms with Crippen molar-refractivity contribution in [2.24, 2.45) is 11.8 Å². The van der Waals surface area contributed by atoms with Crippen LogP contribution in [0.1, 0.15) is 59.3 Å². The number of rotatable bonds is 14. The van der Waals surface area contributed by atoms with Crippen LogP contribution < -0.4 is 4.90 Å². The topological polar surface area (TPSA) is 90.4 Å². The van der Waals surface area contributed by atoms with Crippen molar-refractivity contribution in [1.82, 2.24) is 9.80 Å². The fraction of sp³-hybridized carbons (Fsp3) is 0.594. The van der Waals surface area contributed by atoms with Gasteiger partial charge in [0.25, 0.3) is 0 Å². The molecule has 3 aliphatic heterocycles. The van der Waals surface area contributed by atoms with Gasteiger partial charge in [-0.2, -0.15) is 0 Å². The normalized spacial score (nSPS) is 28.6. The number of nitrogens with zero attached hydrogens (tertiary/aromatic N) is 3. The molecule has 2 bridgehead atoms. The summed E-state index contributed by atoms with van der Waals surface area (Å²) in [4.78, 5) is 48.2. The zero-order valence-electron chi connectivity index (χ0n) is 24.3. The second-order valence-corrected chi connectivity index (χ2v) is 11.8. The minimum atomic E-state index is -1.06. The minimum absolute atomic E-state index is 0.0877. The Morgan fingerprint density at radius 2 is 1.75 bits per heavy atom. The van der Waals surface area contributed by atoms with Gasteiger partial charge in [-0.05, 0) is 58.6 Å². The Morgan fingerprint density at radius 1 is 1.07 bits per heavy atom. The number of unbranched alkanes of at least 4 members (excludes halogenated alkanes) is 3. The summed E-state index contributed by atoms with van der Waals surface area (Å²) in [6, 6.07) is 8.54. The molecule has 1 aromatic rings. The average Bonchev–Trinajstić information content (AvgIpc) is 3.50. The van der Waals surface area contributed by atoms with E-state index in [9.17, 15) is 14.4 Å². The molecule has 8 nitrogen and oxygen atoms in total. The summed E-state index contributed by atoms with van der Waals surface area (Å²) in [6.45, 7) is 14.8. The monoisotopic (exact) mass is 551 g/mol. The first-order chi connectivity index (χ1) is 19.2. The van der Waals surface area contributed by atoms with E-state index >= 15 is 0 Å². The molecule has 4 rings (SSSR count). The van der Waals surface area contributed by atoms with E-state index in [-0.39, 0.29) is 30.4 Å². The molecule has 3 amide bonds. The number of likely N-dealkylation sites (tertiary alicyclic amines) is 1. The Labute approximate surface area is 238 Å². The number of hydrogen-bond donors (Lipinski definition) is 1. The molecular weight excluding hydrogens is 506 g/mol. The van der Waals surface area contributed by atoms with Crippen molar-refractivity contribution in [2.45, 2.75) is 82.6 Å². The fourth-order valence-corrected chi connectivity index (χ4v) is 7.15. The molecule has 0 saturated carbocycles. The molecular formula is C32H45N3O5. The molecule has 3 aliphatic rings. The van der Waals surface area contributed by atoms with Gasteiger partial charge in [-0.15, -0.1) is 13.2 Å². The quantitative estimate of drug-likeness (QED) is 0.279. The van der Waals surface area contributed by atoms with Crippen LogP contribution in [-0.2, 0) is 19.1 Å². The summed E-state index contributed by atoms with van der Waals surface area (Å²) >= 11 is 0. The van der Waals surface area contributed by atoms with E-state index in [0.29, 0.717) is 45.3 Å². The molecule has 3 heterocycles. The summed E-state index contributed by atoms with van der Waals surface area (Å²) in [5, 5.41) is 9.17. The fourth-order valence-electron chi connectivity index (χ4n) is 7.15. The summed E-state index contributed by atoms with van der Waals surface area (Å²) in [5.74, 6) is -1.94. The maximum atomic E-state index is 14.4. The number of amides is 3. The van der Waals surface area contributed by atoms with Gasteiger partial charge in [-0.3, -0.25) is 14.4 Å². The molecule has 3 saturated heterocycles. The lowest BCUT2D eigenvalue weighted by Gasteiger charge is -2.38. The van der Waals surface area contributed by atoms with E-state index in [2.05, 4.69) is 13.2 Å². The SMILES string of the molecule is C=CCN(C(=O)[C@H]1[C@H]2C(=O)N(CCCCCCO)C(C(=O)N(CC=C)C(C)C)C23CC[C@]1(C)O3)c1ccccc1. The third-order valence-corrected chi connectivity index (χ3v) is 8.96. The Bertz CT molecular complexity index is 1110. The summed E-state index contributed by atoms with van der Waals surface area (Å²) < 4.78 is 6.81. The molecule has 1 aromatic carbocycles. The lowest BCUT2D eigenvalue weighted by molar-refractivity contribution is -0.152. The van der Waals surface area contributed by atoms with Gasteiger partial charge in [0.1, 0.15) is 11.6 Å². The number of carbonyl (C=O) groups excluding carboxylic acids is 3. The number of ether oxygens (including phenoxy) is 1. The number of para-hydroxylation sites is 1. The highest BCUT2D eigenvalue weighted by molar-refractivity contribution is 6.03. The van der Waals surface area contributed by atoms with Crippen LogP contribution in [0.5, 0.6) is 0 Å². The summed E-state index contributed by atoms with van der Waals surface area (Å²) in [5.41, 5.74) is -1.17. The van der Waals surface area contributed by atoms with Crippen LogP contribution in [0, 0.1) is 11.8 Å². The van der Waals surface area contributed by atoms with Crippen LogP contribution in [0.4, 0.5) is 5.69 Å². The van der Waals surface area contributed by atoms with Gasteiger partial charge < -0.3 is 24.5 Å². The molecule has 2 unspecified atom stereocenters. The van der Waals surface area contributed by atoms with Crippen molar-refractivity contribution in [3.8, 4) is 0 Å². The number of aliphatic hydroxyl groups is 1. The standard InChI is InChI=1S/C32H45N3O5/c1-6-19-33(23(3)4)30(39)27-32-18-17-31(5,40-32)25(26(32)29(38)35(27)21-13-8-9-14-22-36)28(37)34(20-7-2)24-15-11-10-12-16-24/h6-7,10-12,15-16,23,25-27,36H,1-2,8-9,13-14,17-22H2,3-5H3/t25-,26+,27?,31+,32?/m1/s1. The van der Waals surface area contributed by atoms with Crippen molar-refractivity contribution < 1.29 is 24.2 Å². The van der Waals surface area contributed by atoms with E-state index in [1.807, 2.05) is 51.1 Å². The Morgan fingerprint density at radius 3 is 2.38 bits per heavy atom. The molecule has 218 valence electrons. The van der Waals surface area contributed by atoms with Gasteiger partial charge in [0, 0.05) is 38.0 Å². The Kier molecular flexibility index (Phi) is 9.20. The third-order valence-electron chi connectivity index (χ3n) is 8.96. The highest BCUT2D eigenvalue weighted by atomic mass is 16.5. The first-order valence-electron chi connectivity index (χ1n) is 14.7. The summed E-state index contributed by atoms with van der Waals surface area (Å²) in [6.07, 6.45) is 7.65. The largest absolute Gasteiger partial charge is 0.396 e. The lowest BCUT2D eigenvalue weighted by atomic mass is 9.66. The summed E-state index contributed by atoms with van der Waals surface area (Å²) in [7, 11) is 0. The van der Waals surface area contributed by atoms with Gasteiger partial charge in [-0.1, -0.05) is 43.2 Å². The molecule has 3 fully saturated rings. The van der Waals surface area contributed by atoms with Crippen LogP contribution in [0.25, 0.3) is 0 Å². The predicted octanol–water partition coefficient (Wildman–Crippen LogP) is 3.95. The second-order valence-electron chi connectivity index (χ2n) is 11.8. The van der Waals surface area contributed by atoms with Crippen LogP contribution in [-0.4, -0.2) is 82.2 Å². The smallest absolute Gasteiger partial charge is 0.248 e. The molecule has 0 radical (unpaired) electrons. The van der Waals surface area contributed by atoms with Gasteiger partial charge in [0.15, 0.2) is 0 Å². The number of hydrogen-bond acceptors (Lipinski definition) is 5. The predicted molar refractivity (Wildman–Crippen MR) is 156 cm³/mol. The number of benzene rings is 1. The molecule has 1 N–H and O–H groups in total. The second kappa shape index (κ2) is 12.3. The van der Waals surface area contributed by atoms with E-state index in [1.165, 1.54) is 0 Å². The van der Waals surface area contributed by atoms with Gasteiger partial charge in [0.2, 0.25) is 17.7 Å². The van der Waals surface area contributed by atoms with Crippen molar-refractivity contribution in [2.75, 3.05) is 31.1 Å². The molecule has 1 spiro atoms. The Balaban J connectivity index is 1.74. The zero-order valence-corrected chi connectivity index (χ0v) is 24.3. The van der Waals surface area contributed by atoms with Crippen molar-refractivity contribution >= 4 is 23.4 Å². The maximum absolute atomic E-state index is 14.4. The van der Waals surface area contributed by atoms with Crippen LogP contribution in [0.15, 0.2) is 55.6 Å². The lowest BCUT2D eigenvalue weighted by Crippen LogP contribution is -2.57. The van der Waals surface area contributed by atoms with Gasteiger partial charge >= 0.3 is 0 Å². The molecule has 5 atom stereocenters. The molecule has 0 aliphatic carbocycles. The van der Waals surface area contributed by atoms with Gasteiger partial charge in [-0.25, -0.2) is 0 Å². The van der Waals surface area contributed by atoms with Crippen molar-refractivity contribution in [3.05, 3.63) is 55.6 Å². The van der Waals surface area contributed by atoms with Crippen molar-refractivity contribution in [1.29, 1.82) is 0 Å². The van der Waals surface area contributed by atoms with E-state index in [0.717, 1.165) is 18.5 Å². The first kappa shape index (κ1) is 30.0. The Hall–Kier alpha value is -2.97. The van der Waals surface area contributed by atoms with Crippen LogP contribution in [0.3, 0.4) is 0 Å². The van der Waals surface area contributed by atoms with Crippen LogP contribution in [0.2, 0.25) is 0 Å². The number of fused-ring (bicyclic) bond motifs is 1. The van der Waals surface area contributed by atoms with E-state index in [4.69, 9.17) is 9.84 Å². The van der Waals surface area contributed by atoms with Gasteiger partial charge in [0.05, 0.1) is 17.4 Å².